The SMILES string of the molecule is N#Cc1n[nH]nc1-c1ccc(Cc2ccc(Cl)cc2)s1. The van der Waals surface area contributed by atoms with Gasteiger partial charge >= 0.3 is 0 Å². The summed E-state index contributed by atoms with van der Waals surface area (Å²) in [6.45, 7) is 0. The average molecular weight is 301 g/mol. The molecule has 1 N–H and O–H groups in total. The van der Waals surface area contributed by atoms with Crippen molar-refractivity contribution in [2.45, 2.75) is 6.42 Å². The first-order valence-electron chi connectivity index (χ1n) is 5.90. The lowest BCUT2D eigenvalue weighted by Gasteiger charge is -1.98. The number of aromatic nitrogens is 3. The van der Waals surface area contributed by atoms with Gasteiger partial charge in [0.2, 0.25) is 0 Å². The summed E-state index contributed by atoms with van der Waals surface area (Å²) in [5.74, 6) is 0. The van der Waals surface area contributed by atoms with E-state index < -0.39 is 0 Å². The van der Waals surface area contributed by atoms with Crippen LogP contribution < -0.4 is 0 Å². The van der Waals surface area contributed by atoms with E-state index in [1.54, 1.807) is 11.3 Å². The van der Waals surface area contributed by atoms with Crippen LogP contribution in [-0.2, 0) is 6.42 Å². The molecule has 0 bridgehead atoms. The van der Waals surface area contributed by atoms with Crippen molar-refractivity contribution in [1.29, 1.82) is 5.26 Å². The van der Waals surface area contributed by atoms with E-state index in [2.05, 4.69) is 15.4 Å². The number of halogens is 1. The van der Waals surface area contributed by atoms with E-state index in [-0.39, 0.29) is 0 Å². The molecule has 2 aromatic heterocycles. The fourth-order valence-corrected chi connectivity index (χ4v) is 3.04. The Kier molecular flexibility index (Phi) is 3.50. The predicted molar refractivity (Wildman–Crippen MR) is 78.7 cm³/mol. The summed E-state index contributed by atoms with van der Waals surface area (Å²) in [4.78, 5) is 2.15. The quantitative estimate of drug-likeness (QED) is 0.803. The minimum atomic E-state index is 0.324. The van der Waals surface area contributed by atoms with Gasteiger partial charge in [-0.05, 0) is 29.8 Å². The highest BCUT2D eigenvalue weighted by molar-refractivity contribution is 7.15. The largest absolute Gasteiger partial charge is 0.196 e. The molecule has 0 aliphatic carbocycles. The van der Waals surface area contributed by atoms with Gasteiger partial charge < -0.3 is 0 Å². The number of benzene rings is 1. The second kappa shape index (κ2) is 5.45. The van der Waals surface area contributed by atoms with Gasteiger partial charge in [-0.15, -0.1) is 16.4 Å². The van der Waals surface area contributed by atoms with Gasteiger partial charge in [-0.2, -0.15) is 15.6 Å². The maximum absolute atomic E-state index is 8.96. The van der Waals surface area contributed by atoms with E-state index in [9.17, 15) is 0 Å². The highest BCUT2D eigenvalue weighted by Gasteiger charge is 2.12. The summed E-state index contributed by atoms with van der Waals surface area (Å²) in [6, 6.07) is 13.8. The number of aromatic amines is 1. The molecule has 0 amide bonds. The molecule has 2 heterocycles. The molecule has 0 radical (unpaired) electrons. The van der Waals surface area contributed by atoms with Gasteiger partial charge in [0, 0.05) is 16.3 Å². The second-order valence-corrected chi connectivity index (χ2v) is 5.81. The third kappa shape index (κ3) is 2.57. The van der Waals surface area contributed by atoms with Gasteiger partial charge in [-0.25, -0.2) is 0 Å². The minimum absolute atomic E-state index is 0.324. The molecule has 20 heavy (non-hydrogen) atoms. The van der Waals surface area contributed by atoms with E-state index >= 15 is 0 Å². The normalized spacial score (nSPS) is 10.4. The minimum Gasteiger partial charge on any atom is -0.196 e. The summed E-state index contributed by atoms with van der Waals surface area (Å²) >= 11 is 7.49. The molecule has 0 saturated heterocycles. The van der Waals surface area contributed by atoms with Crippen LogP contribution in [0.25, 0.3) is 10.6 Å². The smallest absolute Gasteiger partial charge is 0.191 e. The number of hydrogen-bond acceptors (Lipinski definition) is 4. The number of hydrogen-bond donors (Lipinski definition) is 1. The Morgan fingerprint density at radius 2 is 1.95 bits per heavy atom. The first-order valence-corrected chi connectivity index (χ1v) is 7.10. The number of thiophene rings is 1. The Morgan fingerprint density at radius 3 is 2.70 bits per heavy atom. The number of nitrogens with zero attached hydrogens (tertiary/aromatic N) is 3. The maximum atomic E-state index is 8.96. The molecule has 6 heteroatoms. The van der Waals surface area contributed by atoms with Crippen molar-refractivity contribution in [3.63, 3.8) is 0 Å². The van der Waals surface area contributed by atoms with Crippen molar-refractivity contribution < 1.29 is 0 Å². The van der Waals surface area contributed by atoms with Crippen LogP contribution >= 0.6 is 22.9 Å². The third-order valence-electron chi connectivity index (χ3n) is 2.84. The molecule has 1 aromatic carbocycles. The maximum Gasteiger partial charge on any atom is 0.191 e. The van der Waals surface area contributed by atoms with Crippen molar-refractivity contribution in [2.75, 3.05) is 0 Å². The van der Waals surface area contributed by atoms with Crippen LogP contribution in [-0.4, -0.2) is 15.4 Å². The number of rotatable bonds is 3. The Balaban J connectivity index is 1.84. The van der Waals surface area contributed by atoms with E-state index in [1.807, 2.05) is 42.5 Å². The second-order valence-electron chi connectivity index (χ2n) is 4.20. The summed E-state index contributed by atoms with van der Waals surface area (Å²) in [5, 5.41) is 20.0. The molecule has 0 aliphatic rings. The summed E-state index contributed by atoms with van der Waals surface area (Å²) in [5.41, 5.74) is 2.13. The summed E-state index contributed by atoms with van der Waals surface area (Å²) in [6.07, 6.45) is 0.835. The molecule has 0 atom stereocenters. The zero-order valence-corrected chi connectivity index (χ0v) is 11.9. The van der Waals surface area contributed by atoms with Crippen LogP contribution in [0, 0.1) is 11.3 Å². The van der Waals surface area contributed by atoms with Crippen LogP contribution in [0.4, 0.5) is 0 Å². The molecule has 0 unspecified atom stereocenters. The fourth-order valence-electron chi connectivity index (χ4n) is 1.88. The number of nitriles is 1. The van der Waals surface area contributed by atoms with Crippen molar-refractivity contribution in [1.82, 2.24) is 15.4 Å². The van der Waals surface area contributed by atoms with Gasteiger partial charge in [0.25, 0.3) is 0 Å². The molecule has 0 spiro atoms. The Morgan fingerprint density at radius 1 is 1.15 bits per heavy atom. The van der Waals surface area contributed by atoms with Crippen molar-refractivity contribution >= 4 is 22.9 Å². The Labute approximate surface area is 124 Å². The van der Waals surface area contributed by atoms with Crippen LogP contribution in [0.2, 0.25) is 5.02 Å². The lowest BCUT2D eigenvalue weighted by Crippen LogP contribution is -1.82. The zero-order valence-electron chi connectivity index (χ0n) is 10.3. The predicted octanol–water partition coefficient (Wildman–Crippen LogP) is 3.65. The van der Waals surface area contributed by atoms with Crippen molar-refractivity contribution in [3.8, 4) is 16.6 Å². The van der Waals surface area contributed by atoms with Crippen LogP contribution in [0.1, 0.15) is 16.1 Å². The molecule has 0 aliphatic heterocycles. The van der Waals surface area contributed by atoms with Crippen LogP contribution in [0.15, 0.2) is 36.4 Å². The monoisotopic (exact) mass is 300 g/mol. The van der Waals surface area contributed by atoms with Crippen molar-refractivity contribution in [3.05, 3.63) is 57.6 Å². The molecule has 0 fully saturated rings. The topological polar surface area (TPSA) is 65.4 Å². The zero-order chi connectivity index (χ0) is 13.9. The molecule has 3 rings (SSSR count). The van der Waals surface area contributed by atoms with Crippen LogP contribution in [0.5, 0.6) is 0 Å². The van der Waals surface area contributed by atoms with Gasteiger partial charge in [0.05, 0.1) is 4.88 Å². The molecular weight excluding hydrogens is 292 g/mol. The molecule has 3 aromatic rings. The van der Waals surface area contributed by atoms with Gasteiger partial charge in [0.1, 0.15) is 11.8 Å². The first-order chi connectivity index (χ1) is 9.76. The number of H-pyrrole nitrogens is 1. The Hall–Kier alpha value is -2.16. The molecule has 4 nitrogen and oxygen atoms in total. The van der Waals surface area contributed by atoms with E-state index in [4.69, 9.17) is 16.9 Å². The third-order valence-corrected chi connectivity index (χ3v) is 4.18. The van der Waals surface area contributed by atoms with Gasteiger partial charge in [0.15, 0.2) is 5.69 Å². The van der Waals surface area contributed by atoms with Gasteiger partial charge in [-0.1, -0.05) is 23.7 Å². The lowest BCUT2D eigenvalue weighted by atomic mass is 10.1. The fraction of sp³-hybridized carbons (Fsp3) is 0.0714. The average Bonchev–Trinajstić information content (AvgIpc) is 3.09. The highest BCUT2D eigenvalue weighted by Crippen LogP contribution is 2.29. The molecule has 98 valence electrons. The van der Waals surface area contributed by atoms with E-state index in [1.165, 1.54) is 10.4 Å². The standard InChI is InChI=1S/C14H9ClN4S/c15-10-3-1-9(2-4-10)7-11-5-6-13(20-11)14-12(8-16)17-19-18-14/h1-6H,7H2,(H,17,18,19). The Bertz CT molecular complexity index is 767. The van der Waals surface area contributed by atoms with E-state index in [0.29, 0.717) is 11.4 Å². The number of nitrogens with one attached hydrogen (secondary N) is 1. The lowest BCUT2D eigenvalue weighted by molar-refractivity contribution is 0.937. The van der Waals surface area contributed by atoms with Gasteiger partial charge in [-0.3, -0.25) is 0 Å². The first kappa shape index (κ1) is 12.9. The molecular formula is C14H9ClN4S. The van der Waals surface area contributed by atoms with Crippen LogP contribution in [0.3, 0.4) is 0 Å². The summed E-state index contributed by atoms with van der Waals surface area (Å²) < 4.78 is 0. The highest BCUT2D eigenvalue weighted by atomic mass is 35.5. The van der Waals surface area contributed by atoms with Crippen molar-refractivity contribution in [2.24, 2.45) is 0 Å². The summed E-state index contributed by atoms with van der Waals surface area (Å²) in [7, 11) is 0. The van der Waals surface area contributed by atoms with E-state index in [0.717, 1.165) is 16.3 Å². The molecule has 0 saturated carbocycles.